The van der Waals surface area contributed by atoms with E-state index in [-0.39, 0.29) is 31.3 Å². The number of Topliss-reactive ketones (excluding diaryl/α,β-unsaturated/α-hetero) is 1. The third kappa shape index (κ3) is 6.47. The highest BCUT2D eigenvalue weighted by Gasteiger charge is 2.29. The van der Waals surface area contributed by atoms with Crippen molar-refractivity contribution in [3.05, 3.63) is 109 Å². The summed E-state index contributed by atoms with van der Waals surface area (Å²) in [4.78, 5) is 28.1. The summed E-state index contributed by atoms with van der Waals surface area (Å²) in [5.41, 5.74) is 3.21. The lowest BCUT2D eigenvalue weighted by Gasteiger charge is -2.30. The van der Waals surface area contributed by atoms with E-state index in [1.54, 1.807) is 53.5 Å². The van der Waals surface area contributed by atoms with Crippen LogP contribution in [0.3, 0.4) is 0 Å². The van der Waals surface area contributed by atoms with Crippen LogP contribution in [0.2, 0.25) is 20.1 Å². The Kier molecular flexibility index (Phi) is 8.19. The lowest BCUT2D eigenvalue weighted by atomic mass is 9.94. The highest BCUT2D eigenvalue weighted by Crippen LogP contribution is 2.28. The summed E-state index contributed by atoms with van der Waals surface area (Å²) in [6.45, 7) is 0.443. The maximum atomic E-state index is 13.4. The SMILES string of the molecule is O=C1/C(=C/c2ccc(Cl)c(Cl)c2)CN(C(=O)CNc2ccccc2)C/C1=C\c1ccc(Cl)c(Cl)c1. The van der Waals surface area contributed by atoms with Crippen LogP contribution >= 0.6 is 46.4 Å². The van der Waals surface area contributed by atoms with Gasteiger partial charge in [0.05, 0.1) is 26.6 Å². The summed E-state index contributed by atoms with van der Waals surface area (Å²) in [6.07, 6.45) is 3.47. The van der Waals surface area contributed by atoms with E-state index in [1.807, 2.05) is 30.3 Å². The molecule has 0 aliphatic carbocycles. The Balaban J connectivity index is 1.64. The molecule has 0 atom stereocenters. The Hall–Kier alpha value is -2.76. The van der Waals surface area contributed by atoms with E-state index in [0.29, 0.717) is 42.4 Å². The number of benzene rings is 3. The monoisotopic (exact) mass is 544 g/mol. The molecule has 1 saturated heterocycles. The highest BCUT2D eigenvalue weighted by atomic mass is 35.5. The van der Waals surface area contributed by atoms with Gasteiger partial charge in [0.15, 0.2) is 5.78 Å². The first-order valence-electron chi connectivity index (χ1n) is 10.7. The van der Waals surface area contributed by atoms with Gasteiger partial charge in [0.25, 0.3) is 0 Å². The van der Waals surface area contributed by atoms with Crippen LogP contribution in [0.4, 0.5) is 5.69 Å². The second kappa shape index (κ2) is 11.3. The molecule has 0 bridgehead atoms. The number of nitrogens with zero attached hydrogens (tertiary/aromatic N) is 1. The molecule has 1 N–H and O–H groups in total. The molecule has 35 heavy (non-hydrogen) atoms. The average molecular weight is 546 g/mol. The smallest absolute Gasteiger partial charge is 0.242 e. The van der Waals surface area contributed by atoms with E-state index >= 15 is 0 Å². The maximum Gasteiger partial charge on any atom is 0.242 e. The molecule has 0 spiro atoms. The summed E-state index contributed by atoms with van der Waals surface area (Å²) in [6, 6.07) is 19.7. The molecule has 1 aliphatic heterocycles. The number of hydrogen-bond donors (Lipinski definition) is 1. The number of ketones is 1. The Bertz CT molecular complexity index is 1260. The fourth-order valence-electron chi connectivity index (χ4n) is 3.67. The number of carbonyl (C=O) groups excluding carboxylic acids is 2. The molecular weight excluding hydrogens is 526 g/mol. The summed E-state index contributed by atoms with van der Waals surface area (Å²) < 4.78 is 0. The highest BCUT2D eigenvalue weighted by molar-refractivity contribution is 6.42. The number of amides is 1. The van der Waals surface area contributed by atoms with E-state index in [1.165, 1.54) is 0 Å². The molecule has 1 amide bonds. The Morgan fingerprint density at radius 3 is 1.77 bits per heavy atom. The van der Waals surface area contributed by atoms with Crippen LogP contribution in [-0.2, 0) is 9.59 Å². The largest absolute Gasteiger partial charge is 0.376 e. The number of likely N-dealkylation sites (tertiary alicyclic amines) is 1. The van der Waals surface area contributed by atoms with Gasteiger partial charge < -0.3 is 10.2 Å². The number of carbonyl (C=O) groups is 2. The summed E-state index contributed by atoms with van der Waals surface area (Å²) >= 11 is 24.4. The molecule has 0 saturated carbocycles. The van der Waals surface area contributed by atoms with E-state index in [2.05, 4.69) is 5.32 Å². The van der Waals surface area contributed by atoms with E-state index in [4.69, 9.17) is 46.4 Å². The molecule has 3 aromatic carbocycles. The van der Waals surface area contributed by atoms with Gasteiger partial charge in [0, 0.05) is 29.9 Å². The van der Waals surface area contributed by atoms with Crippen molar-refractivity contribution < 1.29 is 9.59 Å². The fraction of sp³-hybridized carbons (Fsp3) is 0.111. The van der Waals surface area contributed by atoms with Crippen molar-refractivity contribution in [1.82, 2.24) is 4.90 Å². The molecule has 178 valence electrons. The van der Waals surface area contributed by atoms with Crippen molar-refractivity contribution in [2.24, 2.45) is 0 Å². The molecule has 4 rings (SSSR count). The van der Waals surface area contributed by atoms with E-state index in [0.717, 1.165) is 5.69 Å². The topological polar surface area (TPSA) is 49.4 Å². The lowest BCUT2D eigenvalue weighted by molar-refractivity contribution is -0.129. The predicted octanol–water partition coefficient (Wildman–Crippen LogP) is 7.29. The molecule has 3 aromatic rings. The maximum absolute atomic E-state index is 13.4. The van der Waals surface area contributed by atoms with Crippen molar-refractivity contribution in [2.75, 3.05) is 25.0 Å². The van der Waals surface area contributed by atoms with Gasteiger partial charge in [-0.1, -0.05) is 76.7 Å². The number of anilines is 1. The molecule has 0 unspecified atom stereocenters. The minimum atomic E-state index is -0.151. The molecule has 8 heteroatoms. The van der Waals surface area contributed by atoms with Gasteiger partial charge in [-0.3, -0.25) is 9.59 Å². The second-order valence-electron chi connectivity index (χ2n) is 7.98. The second-order valence-corrected chi connectivity index (χ2v) is 9.61. The minimum Gasteiger partial charge on any atom is -0.376 e. The Morgan fingerprint density at radius 1 is 0.771 bits per heavy atom. The summed E-state index contributed by atoms with van der Waals surface area (Å²) in [5, 5.41) is 4.75. The number of para-hydroxylation sites is 1. The normalized spacial score (nSPS) is 16.1. The zero-order valence-corrected chi connectivity index (χ0v) is 21.4. The minimum absolute atomic E-state index is 0.0955. The van der Waals surface area contributed by atoms with Gasteiger partial charge in [-0.2, -0.15) is 0 Å². The van der Waals surface area contributed by atoms with Crippen molar-refractivity contribution >= 4 is 75.9 Å². The Labute approximate surface area is 223 Å². The van der Waals surface area contributed by atoms with Crippen LogP contribution in [0.15, 0.2) is 77.9 Å². The van der Waals surface area contributed by atoms with Crippen LogP contribution in [0.5, 0.6) is 0 Å². The zero-order chi connectivity index (χ0) is 24.9. The van der Waals surface area contributed by atoms with Crippen LogP contribution in [-0.4, -0.2) is 36.2 Å². The van der Waals surface area contributed by atoms with Gasteiger partial charge >= 0.3 is 0 Å². The number of hydrogen-bond acceptors (Lipinski definition) is 3. The van der Waals surface area contributed by atoms with E-state index in [9.17, 15) is 9.59 Å². The standard InChI is InChI=1S/C27H20Cl4N2O2/c28-22-8-6-17(12-24(22)30)10-19-15-33(26(34)14-32-21-4-2-1-3-5-21)16-20(27(19)35)11-18-7-9-23(29)25(31)13-18/h1-13,32H,14-16H2/b19-10+,20-11+. The quantitative estimate of drug-likeness (QED) is 0.342. The first-order valence-corrected chi connectivity index (χ1v) is 12.2. The summed E-state index contributed by atoms with van der Waals surface area (Å²) in [5.74, 6) is -0.288. The summed E-state index contributed by atoms with van der Waals surface area (Å²) in [7, 11) is 0. The lowest BCUT2D eigenvalue weighted by Crippen LogP contribution is -2.44. The number of piperidine rings is 1. The fourth-order valence-corrected chi connectivity index (χ4v) is 4.28. The Morgan fingerprint density at radius 2 is 1.29 bits per heavy atom. The molecule has 1 heterocycles. The average Bonchev–Trinajstić information content (AvgIpc) is 2.85. The van der Waals surface area contributed by atoms with Gasteiger partial charge in [-0.05, 0) is 59.7 Å². The predicted molar refractivity (Wildman–Crippen MR) is 145 cm³/mol. The molecule has 1 aliphatic rings. The number of nitrogens with one attached hydrogen (secondary N) is 1. The molecule has 0 radical (unpaired) electrons. The van der Waals surface area contributed by atoms with E-state index < -0.39 is 0 Å². The number of rotatable bonds is 5. The van der Waals surface area contributed by atoms with Crippen LogP contribution in [0.1, 0.15) is 11.1 Å². The van der Waals surface area contributed by atoms with Crippen molar-refractivity contribution in [3.8, 4) is 0 Å². The van der Waals surface area contributed by atoms with Crippen molar-refractivity contribution in [2.45, 2.75) is 0 Å². The third-order valence-electron chi connectivity index (χ3n) is 5.45. The van der Waals surface area contributed by atoms with Gasteiger partial charge in [-0.25, -0.2) is 0 Å². The van der Waals surface area contributed by atoms with Crippen molar-refractivity contribution in [3.63, 3.8) is 0 Å². The molecule has 0 aromatic heterocycles. The molecule has 1 fully saturated rings. The van der Waals surface area contributed by atoms with Crippen LogP contribution in [0, 0.1) is 0 Å². The first kappa shape index (κ1) is 25.3. The van der Waals surface area contributed by atoms with Crippen LogP contribution in [0.25, 0.3) is 12.2 Å². The molecular formula is C27H20Cl4N2O2. The van der Waals surface area contributed by atoms with Crippen molar-refractivity contribution in [1.29, 1.82) is 0 Å². The first-order chi connectivity index (χ1) is 16.8. The van der Waals surface area contributed by atoms with Crippen LogP contribution < -0.4 is 5.32 Å². The van der Waals surface area contributed by atoms with Gasteiger partial charge in [-0.15, -0.1) is 0 Å². The van der Waals surface area contributed by atoms with Gasteiger partial charge in [0.1, 0.15) is 0 Å². The molecule has 4 nitrogen and oxygen atoms in total. The number of halogens is 4. The van der Waals surface area contributed by atoms with Gasteiger partial charge in [0.2, 0.25) is 5.91 Å². The zero-order valence-electron chi connectivity index (χ0n) is 18.4. The third-order valence-corrected chi connectivity index (χ3v) is 6.92.